The van der Waals surface area contributed by atoms with Gasteiger partial charge in [-0.2, -0.15) is 0 Å². The van der Waals surface area contributed by atoms with Gasteiger partial charge in [0.05, 0.1) is 11.9 Å². The second-order valence-electron chi connectivity index (χ2n) is 3.00. The van der Waals surface area contributed by atoms with E-state index in [0.29, 0.717) is 12.1 Å². The van der Waals surface area contributed by atoms with Crippen molar-refractivity contribution in [3.05, 3.63) is 35.9 Å². The highest BCUT2D eigenvalue weighted by Crippen LogP contribution is 2.15. The Morgan fingerprint density at radius 1 is 1.57 bits per heavy atom. The third kappa shape index (κ3) is 2.76. The molecule has 0 atom stereocenters. The van der Waals surface area contributed by atoms with E-state index in [-0.39, 0.29) is 11.6 Å². The molecule has 0 aromatic carbocycles. The molecule has 0 unspecified atom stereocenters. The number of hydrogen-bond acceptors (Lipinski definition) is 2. The summed E-state index contributed by atoms with van der Waals surface area (Å²) in [6.07, 6.45) is 3.39. The molecule has 0 amide bonds. The van der Waals surface area contributed by atoms with Crippen LogP contribution in [-0.4, -0.2) is 10.8 Å². The van der Waals surface area contributed by atoms with Crippen LogP contribution >= 0.6 is 0 Å². The lowest BCUT2D eigenvalue weighted by atomic mass is 10.1. The Morgan fingerprint density at radius 3 is 2.71 bits per heavy atom. The molecule has 1 rings (SSSR count). The van der Waals surface area contributed by atoms with Gasteiger partial charge >= 0.3 is 0 Å². The van der Waals surface area contributed by atoms with Crippen LogP contribution in [0, 0.1) is 5.82 Å². The number of hydrogen-bond donors (Lipinski definition) is 0. The van der Waals surface area contributed by atoms with Gasteiger partial charge in [-0.1, -0.05) is 6.92 Å². The highest BCUT2D eigenvalue weighted by molar-refractivity contribution is 5.94. The minimum atomic E-state index is -0.368. The van der Waals surface area contributed by atoms with Crippen molar-refractivity contribution < 1.29 is 9.18 Å². The summed E-state index contributed by atoms with van der Waals surface area (Å²) in [5.41, 5.74) is 1.49. The monoisotopic (exact) mass is 193 g/mol. The molecule has 74 valence electrons. The predicted octanol–water partition coefficient (Wildman–Crippen LogP) is 2.60. The van der Waals surface area contributed by atoms with Gasteiger partial charge in [-0.3, -0.25) is 9.78 Å². The van der Waals surface area contributed by atoms with Crippen LogP contribution in [0.4, 0.5) is 4.39 Å². The number of nitrogens with zero attached hydrogens (tertiary/aromatic N) is 1. The Bertz CT molecular complexity index is 354. The van der Waals surface area contributed by atoms with Crippen LogP contribution in [0.5, 0.6) is 0 Å². The number of pyridine rings is 1. The topological polar surface area (TPSA) is 30.0 Å². The molecular weight excluding hydrogens is 181 g/mol. The molecule has 0 saturated heterocycles. The van der Waals surface area contributed by atoms with Crippen LogP contribution in [0.2, 0.25) is 0 Å². The molecule has 0 aliphatic carbocycles. The lowest BCUT2D eigenvalue weighted by molar-refractivity contribution is -0.112. The second-order valence-corrected chi connectivity index (χ2v) is 3.00. The maximum Gasteiger partial charge on any atom is 0.152 e. The number of carbonyl (C=O) groups excluding carboxylic acids is 1. The summed E-state index contributed by atoms with van der Waals surface area (Å²) >= 11 is 0. The van der Waals surface area contributed by atoms with Gasteiger partial charge < -0.3 is 0 Å². The van der Waals surface area contributed by atoms with Crippen molar-refractivity contribution in [1.29, 1.82) is 0 Å². The molecule has 0 aliphatic heterocycles. The Morgan fingerprint density at radius 2 is 2.29 bits per heavy atom. The van der Waals surface area contributed by atoms with Crippen molar-refractivity contribution in [2.45, 2.75) is 20.3 Å². The minimum absolute atomic E-state index is 0.0204. The molecule has 0 aliphatic rings. The van der Waals surface area contributed by atoms with E-state index in [2.05, 4.69) is 4.98 Å². The zero-order valence-corrected chi connectivity index (χ0v) is 8.25. The van der Waals surface area contributed by atoms with E-state index >= 15 is 0 Å². The summed E-state index contributed by atoms with van der Waals surface area (Å²) in [5, 5.41) is 0. The molecule has 2 nitrogen and oxygen atoms in total. The van der Waals surface area contributed by atoms with Gasteiger partial charge in [0.1, 0.15) is 5.82 Å². The first-order valence-corrected chi connectivity index (χ1v) is 4.46. The predicted molar refractivity (Wildman–Crippen MR) is 53.1 cm³/mol. The van der Waals surface area contributed by atoms with Gasteiger partial charge in [-0.25, -0.2) is 4.39 Å². The van der Waals surface area contributed by atoms with E-state index in [1.54, 1.807) is 6.07 Å². The molecule has 0 spiro atoms. The van der Waals surface area contributed by atoms with Gasteiger partial charge in [0, 0.05) is 0 Å². The first kappa shape index (κ1) is 10.6. The fraction of sp³-hybridized carbons (Fsp3) is 0.273. The highest BCUT2D eigenvalue weighted by Gasteiger charge is 2.02. The summed E-state index contributed by atoms with van der Waals surface area (Å²) in [6, 6.07) is 2.92. The number of rotatable bonds is 3. The zero-order valence-electron chi connectivity index (χ0n) is 8.25. The Hall–Kier alpha value is -1.51. The van der Waals surface area contributed by atoms with E-state index in [1.165, 1.54) is 19.1 Å². The van der Waals surface area contributed by atoms with Crippen LogP contribution in [0.15, 0.2) is 24.4 Å². The number of aromatic nitrogens is 1. The smallest absolute Gasteiger partial charge is 0.152 e. The quantitative estimate of drug-likeness (QED) is 0.690. The third-order valence-corrected chi connectivity index (χ3v) is 1.81. The van der Waals surface area contributed by atoms with Gasteiger partial charge in [-0.05, 0) is 37.1 Å². The van der Waals surface area contributed by atoms with E-state index in [9.17, 15) is 9.18 Å². The summed E-state index contributed by atoms with van der Waals surface area (Å²) in [5.74, 6) is -0.389. The SMILES string of the molecule is CC/C(=C/C(C)=O)c1ccc(F)cn1. The largest absolute Gasteiger partial charge is 0.295 e. The maximum absolute atomic E-state index is 12.6. The Labute approximate surface area is 82.5 Å². The fourth-order valence-corrected chi connectivity index (χ4v) is 1.17. The summed E-state index contributed by atoms with van der Waals surface area (Å²) < 4.78 is 12.6. The third-order valence-electron chi connectivity index (χ3n) is 1.81. The first-order chi connectivity index (χ1) is 6.63. The lowest BCUT2D eigenvalue weighted by Gasteiger charge is -2.02. The first-order valence-electron chi connectivity index (χ1n) is 4.46. The van der Waals surface area contributed by atoms with Gasteiger partial charge in [0.2, 0.25) is 0 Å². The van der Waals surface area contributed by atoms with Crippen molar-refractivity contribution in [2.24, 2.45) is 0 Å². The highest BCUT2D eigenvalue weighted by atomic mass is 19.1. The Balaban J connectivity index is 3.01. The maximum atomic E-state index is 12.6. The minimum Gasteiger partial charge on any atom is -0.295 e. The standard InChI is InChI=1S/C11H12FNO/c1-3-9(6-8(2)14)11-5-4-10(12)7-13-11/h4-7H,3H2,1-2H3/b9-6-. The number of allylic oxidation sites excluding steroid dienone is 2. The molecule has 1 heterocycles. The molecule has 0 fully saturated rings. The van der Waals surface area contributed by atoms with Crippen LogP contribution < -0.4 is 0 Å². The van der Waals surface area contributed by atoms with Gasteiger partial charge in [0.15, 0.2) is 5.78 Å². The molecule has 0 radical (unpaired) electrons. The van der Waals surface area contributed by atoms with Gasteiger partial charge in [0.25, 0.3) is 0 Å². The van der Waals surface area contributed by atoms with Crippen molar-refractivity contribution in [3.8, 4) is 0 Å². The molecule has 0 saturated carbocycles. The second kappa shape index (κ2) is 4.65. The molecule has 1 aromatic rings. The lowest BCUT2D eigenvalue weighted by Crippen LogP contribution is -1.92. The zero-order chi connectivity index (χ0) is 10.6. The van der Waals surface area contributed by atoms with Crippen LogP contribution in [0.25, 0.3) is 5.57 Å². The van der Waals surface area contributed by atoms with Crippen molar-refractivity contribution in [3.63, 3.8) is 0 Å². The van der Waals surface area contributed by atoms with Crippen LogP contribution in [0.1, 0.15) is 26.0 Å². The molecule has 14 heavy (non-hydrogen) atoms. The molecule has 1 aromatic heterocycles. The number of carbonyl (C=O) groups is 1. The van der Waals surface area contributed by atoms with Crippen LogP contribution in [0.3, 0.4) is 0 Å². The van der Waals surface area contributed by atoms with E-state index in [0.717, 1.165) is 11.8 Å². The average molecular weight is 193 g/mol. The normalized spacial score (nSPS) is 11.5. The van der Waals surface area contributed by atoms with E-state index in [4.69, 9.17) is 0 Å². The molecule has 0 N–H and O–H groups in total. The Kier molecular flexibility index (Phi) is 3.51. The summed E-state index contributed by atoms with van der Waals surface area (Å²) in [4.78, 5) is 14.8. The van der Waals surface area contributed by atoms with Crippen molar-refractivity contribution >= 4 is 11.4 Å². The van der Waals surface area contributed by atoms with Crippen LogP contribution in [-0.2, 0) is 4.79 Å². The summed E-state index contributed by atoms with van der Waals surface area (Å²) in [6.45, 7) is 3.42. The fourth-order valence-electron chi connectivity index (χ4n) is 1.17. The van der Waals surface area contributed by atoms with Crippen molar-refractivity contribution in [2.75, 3.05) is 0 Å². The number of ketones is 1. The van der Waals surface area contributed by atoms with E-state index in [1.807, 2.05) is 6.92 Å². The van der Waals surface area contributed by atoms with Gasteiger partial charge in [-0.15, -0.1) is 0 Å². The summed E-state index contributed by atoms with van der Waals surface area (Å²) in [7, 11) is 0. The number of halogens is 1. The molecule has 0 bridgehead atoms. The van der Waals surface area contributed by atoms with E-state index < -0.39 is 0 Å². The van der Waals surface area contributed by atoms with Crippen molar-refractivity contribution in [1.82, 2.24) is 4.98 Å². The average Bonchev–Trinajstić information content (AvgIpc) is 2.15. The molecular formula is C11H12FNO. The molecule has 3 heteroatoms.